The number of halogens is 2. The molecule has 0 N–H and O–H groups in total. The largest absolute Gasteiger partial charge is 0.477 e. The third-order valence-corrected chi connectivity index (χ3v) is 9.56. The normalized spacial score (nSPS) is 14.6. The van der Waals surface area contributed by atoms with Crippen molar-refractivity contribution in [3.05, 3.63) is 116 Å². The van der Waals surface area contributed by atoms with Crippen molar-refractivity contribution in [3.8, 4) is 11.8 Å². The van der Waals surface area contributed by atoms with Gasteiger partial charge in [0.1, 0.15) is 11.8 Å². The quantitative estimate of drug-likeness (QED) is 0.128. The number of hydrogen-bond acceptors (Lipinski definition) is 8. The van der Waals surface area contributed by atoms with Crippen LogP contribution in [0.5, 0.6) is 5.75 Å². The van der Waals surface area contributed by atoms with Gasteiger partial charge in [-0.25, -0.2) is 9.79 Å². The van der Waals surface area contributed by atoms with Crippen LogP contribution in [0.4, 0.5) is 0 Å². The molecule has 0 saturated carbocycles. The average molecular weight is 819 g/mol. The van der Waals surface area contributed by atoms with Crippen LogP contribution in [0.2, 0.25) is 0 Å². The third kappa shape index (κ3) is 6.22. The van der Waals surface area contributed by atoms with E-state index in [1.807, 2.05) is 79.1 Å². The first-order valence-electron chi connectivity index (χ1n) is 12.8. The monoisotopic (exact) mass is 819 g/mol. The van der Waals surface area contributed by atoms with Gasteiger partial charge in [0.2, 0.25) is 0 Å². The summed E-state index contributed by atoms with van der Waals surface area (Å²) in [4.78, 5) is 34.2. The minimum Gasteiger partial charge on any atom is -0.477 e. The smallest absolute Gasteiger partial charge is 0.338 e. The van der Waals surface area contributed by atoms with Crippen LogP contribution >= 0.6 is 68.3 Å². The number of carbonyl (C=O) groups excluding carboxylic acids is 1. The van der Waals surface area contributed by atoms with E-state index in [-0.39, 0.29) is 18.8 Å². The highest BCUT2D eigenvalue weighted by atomic mass is 127. The second-order valence-corrected chi connectivity index (χ2v) is 13.3. The Morgan fingerprint density at radius 2 is 1.90 bits per heavy atom. The summed E-state index contributed by atoms with van der Waals surface area (Å²) in [5.74, 6) is 0.0116. The van der Waals surface area contributed by atoms with Gasteiger partial charge in [-0.05, 0) is 94.3 Å². The number of carbonyl (C=O) groups is 1. The Bertz CT molecular complexity index is 1910. The maximum atomic E-state index is 14.2. The van der Waals surface area contributed by atoms with Crippen molar-refractivity contribution in [3.63, 3.8) is 0 Å². The molecule has 1 aliphatic heterocycles. The lowest BCUT2D eigenvalue weighted by Crippen LogP contribution is -2.40. The Hall–Kier alpha value is -2.93. The van der Waals surface area contributed by atoms with Crippen molar-refractivity contribution >= 4 is 86.0 Å². The molecule has 4 aromatic rings. The Labute approximate surface area is 277 Å². The number of hydrogen-bond donors (Lipinski definition) is 0. The summed E-state index contributed by atoms with van der Waals surface area (Å²) in [7, 11) is 0. The van der Waals surface area contributed by atoms with Gasteiger partial charge in [0, 0.05) is 19.6 Å². The predicted molar refractivity (Wildman–Crippen MR) is 182 cm³/mol. The molecule has 1 atom stereocenters. The minimum absolute atomic E-state index is 0.117. The number of thioether (sulfide) groups is 1. The second-order valence-electron chi connectivity index (χ2n) is 8.96. The summed E-state index contributed by atoms with van der Waals surface area (Å²) in [5.41, 5.74) is 2.70. The number of rotatable bonds is 8. The van der Waals surface area contributed by atoms with Gasteiger partial charge in [-0.3, -0.25) is 9.36 Å². The molecular formula is C31H23I2N3O4S2. The Kier molecular flexibility index (Phi) is 9.87. The molecule has 7 nitrogen and oxygen atoms in total. The third-order valence-electron chi connectivity index (χ3n) is 6.41. The fourth-order valence-corrected chi connectivity index (χ4v) is 8.07. The highest BCUT2D eigenvalue weighted by Crippen LogP contribution is 2.36. The van der Waals surface area contributed by atoms with E-state index in [0.717, 1.165) is 23.2 Å². The van der Waals surface area contributed by atoms with E-state index in [9.17, 15) is 9.59 Å². The molecule has 42 heavy (non-hydrogen) atoms. The Morgan fingerprint density at radius 3 is 2.57 bits per heavy atom. The van der Waals surface area contributed by atoms with Crippen LogP contribution in [0, 0.1) is 18.5 Å². The summed E-state index contributed by atoms with van der Waals surface area (Å²) in [6.45, 7) is 1.82. The lowest BCUT2D eigenvalue weighted by molar-refractivity contribution is -0.138. The first-order valence-corrected chi connectivity index (χ1v) is 17.0. The van der Waals surface area contributed by atoms with Crippen molar-refractivity contribution in [2.45, 2.75) is 17.9 Å². The van der Waals surface area contributed by atoms with E-state index in [4.69, 9.17) is 19.7 Å². The molecule has 1 aliphatic rings. The zero-order chi connectivity index (χ0) is 29.8. The van der Waals surface area contributed by atoms with Gasteiger partial charge in [-0.2, -0.15) is 5.26 Å². The number of aromatic nitrogens is 1. The molecule has 0 radical (unpaired) electrons. The molecule has 0 spiro atoms. The second kappa shape index (κ2) is 13.6. The maximum Gasteiger partial charge on any atom is 0.338 e. The van der Waals surface area contributed by atoms with Crippen molar-refractivity contribution in [1.82, 2.24) is 4.57 Å². The van der Waals surface area contributed by atoms with Gasteiger partial charge in [0.15, 0.2) is 11.4 Å². The van der Waals surface area contributed by atoms with Gasteiger partial charge in [0.25, 0.3) is 5.56 Å². The summed E-state index contributed by atoms with van der Waals surface area (Å²) >= 11 is 7.24. The number of nitrogens with zero attached hydrogens (tertiary/aromatic N) is 3. The van der Waals surface area contributed by atoms with Crippen LogP contribution in [0.15, 0.2) is 87.0 Å². The number of benzene rings is 3. The fourth-order valence-electron chi connectivity index (χ4n) is 4.63. The van der Waals surface area contributed by atoms with Crippen LogP contribution in [0.3, 0.4) is 0 Å². The van der Waals surface area contributed by atoms with Crippen LogP contribution < -0.4 is 19.6 Å². The molecule has 0 bridgehead atoms. The van der Waals surface area contributed by atoms with Crippen molar-refractivity contribution in [1.29, 1.82) is 5.26 Å². The Morgan fingerprint density at radius 1 is 1.17 bits per heavy atom. The first-order chi connectivity index (χ1) is 20.4. The van der Waals surface area contributed by atoms with Crippen molar-refractivity contribution < 1.29 is 14.3 Å². The first kappa shape index (κ1) is 30.5. The molecule has 11 heteroatoms. The van der Waals surface area contributed by atoms with Gasteiger partial charge < -0.3 is 9.47 Å². The lowest BCUT2D eigenvalue weighted by atomic mass is 9.93. The van der Waals surface area contributed by atoms with Crippen molar-refractivity contribution in [2.24, 2.45) is 4.99 Å². The number of fused-ring (bicyclic) bond motifs is 1. The molecule has 0 aliphatic carbocycles. The predicted octanol–water partition coefficient (Wildman–Crippen LogP) is 5.77. The van der Waals surface area contributed by atoms with Gasteiger partial charge >= 0.3 is 5.97 Å². The molecule has 1 aromatic heterocycles. The van der Waals surface area contributed by atoms with Gasteiger partial charge in [0.05, 0.1) is 32.0 Å². The number of esters is 1. The lowest BCUT2D eigenvalue weighted by Gasteiger charge is -2.26. The highest BCUT2D eigenvalue weighted by molar-refractivity contribution is 14.1. The molecule has 2 heterocycles. The molecule has 0 saturated heterocycles. The van der Waals surface area contributed by atoms with Crippen LogP contribution in [0.1, 0.15) is 29.7 Å². The number of thiazole rings is 1. The summed E-state index contributed by atoms with van der Waals surface area (Å²) < 4.78 is 15.1. The fraction of sp³-hybridized carbons (Fsp3) is 0.161. The molecule has 212 valence electrons. The highest BCUT2D eigenvalue weighted by Gasteiger charge is 2.35. The van der Waals surface area contributed by atoms with E-state index >= 15 is 0 Å². The molecule has 3 aromatic carbocycles. The van der Waals surface area contributed by atoms with Gasteiger partial charge in [-0.15, -0.1) is 11.8 Å². The molecule has 0 amide bonds. The van der Waals surface area contributed by atoms with Crippen LogP contribution in [-0.4, -0.2) is 30.0 Å². The van der Waals surface area contributed by atoms with Gasteiger partial charge in [-0.1, -0.05) is 53.8 Å². The van der Waals surface area contributed by atoms with E-state index in [1.165, 1.54) is 11.3 Å². The zero-order valence-corrected chi connectivity index (χ0v) is 28.4. The van der Waals surface area contributed by atoms with E-state index < -0.39 is 12.0 Å². The zero-order valence-electron chi connectivity index (χ0n) is 22.5. The van der Waals surface area contributed by atoms with E-state index in [0.29, 0.717) is 31.9 Å². The van der Waals surface area contributed by atoms with Crippen LogP contribution in [0.25, 0.3) is 11.8 Å². The van der Waals surface area contributed by atoms with E-state index in [2.05, 4.69) is 45.2 Å². The molecular weight excluding hydrogens is 796 g/mol. The SMILES string of the molecule is CCOC(=O)C1=C(c2ccccc2)N=c2s/c(=C\c3cc(I)cc(I)c3OCC#N)c(=O)n2[C@H]1c1ccc(SC)cc1. The van der Waals surface area contributed by atoms with Crippen molar-refractivity contribution in [2.75, 3.05) is 19.5 Å². The minimum atomic E-state index is -0.751. The average Bonchev–Trinajstić information content (AvgIpc) is 3.30. The summed E-state index contributed by atoms with van der Waals surface area (Å²) in [6, 6.07) is 22.4. The summed E-state index contributed by atoms with van der Waals surface area (Å²) in [5, 5.41) is 9.11. The molecule has 0 unspecified atom stereocenters. The standard InChI is InChI=1S/C31H23I2N3O4S2/c1-3-39-30(38)25-26(18-7-5-4-6-8-18)35-31-36(27(25)19-9-11-22(41-2)12-10-19)29(37)24(42-31)16-20-15-21(32)17-23(33)28(20)40-14-13-34/h4-12,15-17,27H,3,14H2,1-2H3/b24-16-/t27-/m0/s1. The Balaban J connectivity index is 1.82. The summed E-state index contributed by atoms with van der Waals surface area (Å²) in [6.07, 6.45) is 3.76. The maximum absolute atomic E-state index is 14.2. The topological polar surface area (TPSA) is 93.7 Å². The van der Waals surface area contributed by atoms with E-state index in [1.54, 1.807) is 29.3 Å². The van der Waals surface area contributed by atoms with Crippen LogP contribution in [-0.2, 0) is 9.53 Å². The number of nitriles is 1. The molecule has 5 rings (SSSR count). The molecule has 0 fully saturated rings. The number of ether oxygens (including phenoxy) is 2.